The van der Waals surface area contributed by atoms with Crippen LogP contribution in [-0.4, -0.2) is 54.8 Å². The lowest BCUT2D eigenvalue weighted by Crippen LogP contribution is -2.42. The van der Waals surface area contributed by atoms with Crippen LogP contribution in [0.3, 0.4) is 0 Å². The van der Waals surface area contributed by atoms with E-state index >= 15 is 0 Å². The first-order valence-corrected chi connectivity index (χ1v) is 7.83. The Morgan fingerprint density at radius 2 is 2.09 bits per heavy atom. The summed E-state index contributed by atoms with van der Waals surface area (Å²) < 4.78 is 5.70. The van der Waals surface area contributed by atoms with Crippen LogP contribution in [0.2, 0.25) is 0 Å². The molecule has 2 N–H and O–H groups in total. The maximum absolute atomic E-state index is 11.6. The van der Waals surface area contributed by atoms with Gasteiger partial charge in [-0.25, -0.2) is 0 Å². The van der Waals surface area contributed by atoms with Crippen LogP contribution >= 0.6 is 0 Å². The van der Waals surface area contributed by atoms with Crippen LogP contribution in [0, 0.1) is 13.8 Å². The summed E-state index contributed by atoms with van der Waals surface area (Å²) in [7, 11) is 0. The molecule has 0 aliphatic rings. The summed E-state index contributed by atoms with van der Waals surface area (Å²) in [5.74, 6) is 0.776. The minimum atomic E-state index is -0.630. The zero-order valence-electron chi connectivity index (χ0n) is 14.1. The number of likely N-dealkylation sites (N-methyl/N-ethyl adjacent to an activating group) is 2. The van der Waals surface area contributed by atoms with Gasteiger partial charge in [0.2, 0.25) is 5.91 Å². The van der Waals surface area contributed by atoms with Gasteiger partial charge in [-0.2, -0.15) is 0 Å². The van der Waals surface area contributed by atoms with Gasteiger partial charge in [-0.15, -0.1) is 0 Å². The normalized spacial score (nSPS) is 12.3. The maximum Gasteiger partial charge on any atom is 0.234 e. The summed E-state index contributed by atoms with van der Waals surface area (Å²) in [6, 6.07) is 6.00. The number of hydrogen-bond donors (Lipinski definition) is 2. The van der Waals surface area contributed by atoms with E-state index < -0.39 is 6.10 Å². The van der Waals surface area contributed by atoms with E-state index in [0.717, 1.165) is 16.9 Å². The average Bonchev–Trinajstić information content (AvgIpc) is 2.47. The molecule has 5 heteroatoms. The Morgan fingerprint density at radius 3 is 2.73 bits per heavy atom. The monoisotopic (exact) mass is 308 g/mol. The fourth-order valence-corrected chi connectivity index (χ4v) is 2.16. The molecule has 0 saturated heterocycles. The molecule has 0 aliphatic carbocycles. The van der Waals surface area contributed by atoms with Crippen molar-refractivity contribution in [2.45, 2.75) is 33.8 Å². The van der Waals surface area contributed by atoms with E-state index in [4.69, 9.17) is 4.74 Å². The van der Waals surface area contributed by atoms with E-state index in [2.05, 4.69) is 5.32 Å². The quantitative estimate of drug-likeness (QED) is 0.726. The minimum Gasteiger partial charge on any atom is -0.491 e. The lowest BCUT2D eigenvalue weighted by atomic mass is 10.1. The second-order valence-electron chi connectivity index (χ2n) is 5.52. The fraction of sp³-hybridized carbons (Fsp3) is 0.588. The molecule has 1 atom stereocenters. The molecule has 0 aromatic heterocycles. The van der Waals surface area contributed by atoms with E-state index in [1.807, 2.05) is 50.8 Å². The van der Waals surface area contributed by atoms with Crippen molar-refractivity contribution >= 4 is 5.91 Å². The molecule has 1 rings (SSSR count). The molecule has 5 nitrogen and oxygen atoms in total. The molecular formula is C17H28N2O3. The van der Waals surface area contributed by atoms with Crippen molar-refractivity contribution in [3.63, 3.8) is 0 Å². The number of nitrogens with one attached hydrogen (secondary N) is 1. The number of ether oxygens (including phenoxy) is 1. The van der Waals surface area contributed by atoms with Gasteiger partial charge in [-0.3, -0.25) is 9.69 Å². The van der Waals surface area contributed by atoms with Crippen LogP contribution in [0.15, 0.2) is 18.2 Å². The van der Waals surface area contributed by atoms with Crippen molar-refractivity contribution in [3.8, 4) is 5.75 Å². The predicted octanol–water partition coefficient (Wildman–Crippen LogP) is 1.50. The molecule has 0 spiro atoms. The summed E-state index contributed by atoms with van der Waals surface area (Å²) in [5, 5.41) is 12.9. The molecular weight excluding hydrogens is 280 g/mol. The molecule has 1 unspecified atom stereocenters. The standard InChI is InChI=1S/C17H28N2O3/c1-5-18-17(21)11-19(6-2)10-15(20)12-22-16-9-13(3)7-8-14(16)4/h7-9,15,20H,5-6,10-12H2,1-4H3,(H,18,21). The largest absolute Gasteiger partial charge is 0.491 e. The van der Waals surface area contributed by atoms with Crippen molar-refractivity contribution in [2.24, 2.45) is 0 Å². The fourth-order valence-electron chi connectivity index (χ4n) is 2.16. The predicted molar refractivity (Wildman–Crippen MR) is 88.2 cm³/mol. The zero-order valence-corrected chi connectivity index (χ0v) is 14.1. The number of rotatable bonds is 9. The highest BCUT2D eigenvalue weighted by molar-refractivity contribution is 5.77. The Bertz CT molecular complexity index is 477. The molecule has 0 fully saturated rings. The van der Waals surface area contributed by atoms with Crippen molar-refractivity contribution in [1.82, 2.24) is 10.2 Å². The summed E-state index contributed by atoms with van der Waals surface area (Å²) in [4.78, 5) is 13.5. The number of nitrogens with zero attached hydrogens (tertiary/aromatic N) is 1. The molecule has 22 heavy (non-hydrogen) atoms. The van der Waals surface area contributed by atoms with Crippen LogP contribution < -0.4 is 10.1 Å². The van der Waals surface area contributed by atoms with Gasteiger partial charge in [0.05, 0.1) is 6.54 Å². The van der Waals surface area contributed by atoms with E-state index in [9.17, 15) is 9.90 Å². The third-order valence-electron chi connectivity index (χ3n) is 3.43. The Balaban J connectivity index is 2.45. The third-order valence-corrected chi connectivity index (χ3v) is 3.43. The van der Waals surface area contributed by atoms with Gasteiger partial charge >= 0.3 is 0 Å². The number of aliphatic hydroxyl groups excluding tert-OH is 1. The number of aryl methyl sites for hydroxylation is 2. The van der Waals surface area contributed by atoms with Gasteiger partial charge in [0, 0.05) is 13.1 Å². The Morgan fingerprint density at radius 1 is 1.36 bits per heavy atom. The summed E-state index contributed by atoms with van der Waals surface area (Å²) in [6.07, 6.45) is -0.630. The van der Waals surface area contributed by atoms with Crippen LogP contribution in [0.1, 0.15) is 25.0 Å². The molecule has 1 aromatic carbocycles. The third kappa shape index (κ3) is 6.45. The highest BCUT2D eigenvalue weighted by Gasteiger charge is 2.14. The van der Waals surface area contributed by atoms with E-state index in [0.29, 0.717) is 26.2 Å². The van der Waals surface area contributed by atoms with E-state index in [-0.39, 0.29) is 12.5 Å². The Hall–Kier alpha value is -1.59. The van der Waals surface area contributed by atoms with Crippen molar-refractivity contribution < 1.29 is 14.6 Å². The minimum absolute atomic E-state index is 0.0213. The zero-order chi connectivity index (χ0) is 16.5. The smallest absolute Gasteiger partial charge is 0.234 e. The molecule has 0 saturated carbocycles. The van der Waals surface area contributed by atoms with Crippen LogP contribution in [0.25, 0.3) is 0 Å². The van der Waals surface area contributed by atoms with E-state index in [1.54, 1.807) is 0 Å². The highest BCUT2D eigenvalue weighted by Crippen LogP contribution is 2.19. The Kier molecular flexibility index (Phi) is 7.91. The number of hydrogen-bond acceptors (Lipinski definition) is 4. The summed E-state index contributed by atoms with van der Waals surface area (Å²) >= 11 is 0. The average molecular weight is 308 g/mol. The molecule has 124 valence electrons. The van der Waals surface area contributed by atoms with Gasteiger partial charge in [0.25, 0.3) is 0 Å². The molecule has 0 aliphatic heterocycles. The van der Waals surface area contributed by atoms with Crippen LogP contribution in [-0.2, 0) is 4.79 Å². The molecule has 1 amide bonds. The van der Waals surface area contributed by atoms with Gasteiger partial charge in [-0.05, 0) is 44.5 Å². The lowest BCUT2D eigenvalue weighted by Gasteiger charge is -2.23. The van der Waals surface area contributed by atoms with Crippen molar-refractivity contribution in [3.05, 3.63) is 29.3 Å². The maximum atomic E-state index is 11.6. The Labute approximate surface area is 133 Å². The number of carbonyl (C=O) groups is 1. The second kappa shape index (κ2) is 9.43. The SMILES string of the molecule is CCNC(=O)CN(CC)CC(O)COc1cc(C)ccc1C. The molecule has 0 bridgehead atoms. The van der Waals surface area contributed by atoms with Gasteiger partial charge < -0.3 is 15.2 Å². The van der Waals surface area contributed by atoms with Gasteiger partial charge in [0.1, 0.15) is 18.5 Å². The van der Waals surface area contributed by atoms with Gasteiger partial charge in [-0.1, -0.05) is 19.1 Å². The van der Waals surface area contributed by atoms with Crippen molar-refractivity contribution in [2.75, 3.05) is 32.8 Å². The van der Waals surface area contributed by atoms with Crippen LogP contribution in [0.5, 0.6) is 5.75 Å². The second-order valence-corrected chi connectivity index (χ2v) is 5.52. The molecule has 0 heterocycles. The number of benzene rings is 1. The molecule has 1 aromatic rings. The first-order chi connectivity index (χ1) is 10.5. The first kappa shape index (κ1) is 18.5. The number of carbonyl (C=O) groups excluding carboxylic acids is 1. The topological polar surface area (TPSA) is 61.8 Å². The lowest BCUT2D eigenvalue weighted by molar-refractivity contribution is -0.122. The van der Waals surface area contributed by atoms with Crippen molar-refractivity contribution in [1.29, 1.82) is 0 Å². The van der Waals surface area contributed by atoms with Gasteiger partial charge in [0.15, 0.2) is 0 Å². The number of aliphatic hydroxyl groups is 1. The molecule has 0 radical (unpaired) electrons. The summed E-state index contributed by atoms with van der Waals surface area (Å²) in [6.45, 7) is 10.1. The van der Waals surface area contributed by atoms with Crippen LogP contribution in [0.4, 0.5) is 0 Å². The van der Waals surface area contributed by atoms with E-state index in [1.165, 1.54) is 0 Å². The summed E-state index contributed by atoms with van der Waals surface area (Å²) in [5.41, 5.74) is 2.17. The highest BCUT2D eigenvalue weighted by atomic mass is 16.5. The first-order valence-electron chi connectivity index (χ1n) is 7.83. The number of amides is 1.